The fourth-order valence-electron chi connectivity index (χ4n) is 5.31. The van der Waals surface area contributed by atoms with Crippen LogP contribution in [0.2, 0.25) is 0 Å². The van der Waals surface area contributed by atoms with Crippen molar-refractivity contribution in [1.29, 1.82) is 5.26 Å². The SMILES string of the molecule is N#Cc1ccc(N2C3CCC2CC(n2c(=O)[nH]c4cnc5[nH]ccc5c42)C3)nc1. The van der Waals surface area contributed by atoms with Gasteiger partial charge < -0.3 is 14.9 Å². The normalized spacial score (nSPS) is 23.7. The van der Waals surface area contributed by atoms with Crippen molar-refractivity contribution < 1.29 is 0 Å². The fraction of sp³-hybridized carbons (Fsp3) is 0.333. The molecule has 0 amide bonds. The highest BCUT2D eigenvalue weighted by molar-refractivity contribution is 6.00. The Morgan fingerprint density at radius 2 is 1.90 bits per heavy atom. The predicted molar refractivity (Wildman–Crippen MR) is 109 cm³/mol. The summed E-state index contributed by atoms with van der Waals surface area (Å²) >= 11 is 0. The first-order chi connectivity index (χ1) is 14.2. The Morgan fingerprint density at radius 3 is 2.62 bits per heavy atom. The van der Waals surface area contributed by atoms with Crippen LogP contribution in [0.4, 0.5) is 5.82 Å². The highest BCUT2D eigenvalue weighted by atomic mass is 16.1. The second-order valence-corrected chi connectivity index (χ2v) is 7.99. The molecule has 0 aliphatic carbocycles. The van der Waals surface area contributed by atoms with Crippen molar-refractivity contribution in [2.24, 2.45) is 0 Å². The van der Waals surface area contributed by atoms with Gasteiger partial charge in [-0.1, -0.05) is 0 Å². The van der Waals surface area contributed by atoms with E-state index in [0.717, 1.165) is 53.6 Å². The second-order valence-electron chi connectivity index (χ2n) is 7.99. The van der Waals surface area contributed by atoms with E-state index in [2.05, 4.69) is 30.9 Å². The number of fused-ring (bicyclic) bond motifs is 5. The Morgan fingerprint density at radius 1 is 1.07 bits per heavy atom. The van der Waals surface area contributed by atoms with Gasteiger partial charge in [0.2, 0.25) is 0 Å². The van der Waals surface area contributed by atoms with Crippen LogP contribution in [-0.4, -0.2) is 36.6 Å². The quantitative estimate of drug-likeness (QED) is 0.552. The lowest BCUT2D eigenvalue weighted by Crippen LogP contribution is -2.45. The monoisotopic (exact) mass is 385 g/mol. The number of aromatic nitrogens is 5. The third-order valence-corrected chi connectivity index (χ3v) is 6.47. The Labute approximate surface area is 165 Å². The zero-order chi connectivity index (χ0) is 19.5. The molecule has 0 radical (unpaired) electrons. The summed E-state index contributed by atoms with van der Waals surface area (Å²) in [5.41, 5.74) is 3.03. The molecule has 2 unspecified atom stereocenters. The summed E-state index contributed by atoms with van der Waals surface area (Å²) in [5, 5.41) is 10.00. The highest BCUT2D eigenvalue weighted by Crippen LogP contribution is 2.43. The molecule has 2 fully saturated rings. The molecule has 0 aromatic carbocycles. The molecule has 0 spiro atoms. The van der Waals surface area contributed by atoms with Crippen LogP contribution in [0.5, 0.6) is 0 Å². The number of hydrogen-bond acceptors (Lipinski definition) is 5. The lowest BCUT2D eigenvalue weighted by Gasteiger charge is -2.40. The Kier molecular flexibility index (Phi) is 3.36. The van der Waals surface area contributed by atoms with E-state index in [1.54, 1.807) is 12.4 Å². The molecule has 2 saturated heterocycles. The molecule has 2 bridgehead atoms. The van der Waals surface area contributed by atoms with Crippen molar-refractivity contribution in [3.8, 4) is 6.07 Å². The van der Waals surface area contributed by atoms with E-state index in [9.17, 15) is 4.79 Å². The average molecular weight is 385 g/mol. The van der Waals surface area contributed by atoms with Gasteiger partial charge in [0.15, 0.2) is 0 Å². The van der Waals surface area contributed by atoms with Crippen molar-refractivity contribution in [3.63, 3.8) is 0 Å². The Bertz CT molecular complexity index is 1310. The van der Waals surface area contributed by atoms with Crippen molar-refractivity contribution in [1.82, 2.24) is 24.5 Å². The molecule has 8 nitrogen and oxygen atoms in total. The number of anilines is 1. The Hall–Kier alpha value is -3.60. The first-order valence-electron chi connectivity index (χ1n) is 9.93. The summed E-state index contributed by atoms with van der Waals surface area (Å²) in [5.74, 6) is 0.929. The van der Waals surface area contributed by atoms with E-state index in [-0.39, 0.29) is 11.7 Å². The molecule has 0 saturated carbocycles. The maximum atomic E-state index is 12.9. The van der Waals surface area contributed by atoms with Crippen LogP contribution in [0.25, 0.3) is 22.1 Å². The van der Waals surface area contributed by atoms with E-state index >= 15 is 0 Å². The number of hydrogen-bond donors (Lipinski definition) is 2. The van der Waals surface area contributed by atoms with Gasteiger partial charge in [0.25, 0.3) is 0 Å². The minimum atomic E-state index is -0.0650. The van der Waals surface area contributed by atoms with Crippen LogP contribution in [0.3, 0.4) is 0 Å². The van der Waals surface area contributed by atoms with E-state index in [1.165, 1.54) is 0 Å². The van der Waals surface area contributed by atoms with E-state index in [4.69, 9.17) is 5.26 Å². The summed E-state index contributed by atoms with van der Waals surface area (Å²) in [4.78, 5) is 30.3. The topological polar surface area (TPSA) is 106 Å². The third kappa shape index (κ3) is 2.34. The number of pyridine rings is 2. The molecule has 6 rings (SSSR count). The molecule has 2 aliphatic heterocycles. The highest BCUT2D eigenvalue weighted by Gasteiger charge is 2.42. The summed E-state index contributed by atoms with van der Waals surface area (Å²) in [6, 6.07) is 8.72. The zero-order valence-corrected chi connectivity index (χ0v) is 15.7. The summed E-state index contributed by atoms with van der Waals surface area (Å²) in [6.07, 6.45) is 9.24. The van der Waals surface area contributed by atoms with Gasteiger partial charge in [-0.05, 0) is 43.9 Å². The van der Waals surface area contributed by atoms with Crippen LogP contribution in [0.1, 0.15) is 37.3 Å². The zero-order valence-electron chi connectivity index (χ0n) is 15.7. The molecule has 144 valence electrons. The number of piperidine rings is 1. The Balaban J connectivity index is 1.40. The molecule has 2 atom stereocenters. The van der Waals surface area contributed by atoms with Gasteiger partial charge in [0, 0.05) is 35.9 Å². The van der Waals surface area contributed by atoms with E-state index < -0.39 is 0 Å². The van der Waals surface area contributed by atoms with Crippen LogP contribution in [0, 0.1) is 11.3 Å². The molecule has 4 aromatic heterocycles. The number of nitrogens with zero attached hydrogens (tertiary/aromatic N) is 5. The maximum absolute atomic E-state index is 12.9. The first-order valence-corrected chi connectivity index (χ1v) is 9.93. The molecule has 29 heavy (non-hydrogen) atoms. The fourth-order valence-corrected chi connectivity index (χ4v) is 5.31. The minimum absolute atomic E-state index is 0.0650. The molecule has 2 aliphatic rings. The van der Waals surface area contributed by atoms with Gasteiger partial charge in [0.05, 0.1) is 22.8 Å². The summed E-state index contributed by atoms with van der Waals surface area (Å²) < 4.78 is 1.95. The van der Waals surface area contributed by atoms with Gasteiger partial charge in [-0.2, -0.15) is 5.26 Å². The molecule has 6 heterocycles. The van der Waals surface area contributed by atoms with Crippen LogP contribution in [0.15, 0.2) is 41.6 Å². The van der Waals surface area contributed by atoms with Gasteiger partial charge in [-0.3, -0.25) is 4.57 Å². The van der Waals surface area contributed by atoms with Crippen LogP contribution < -0.4 is 10.6 Å². The maximum Gasteiger partial charge on any atom is 0.326 e. The van der Waals surface area contributed by atoms with Gasteiger partial charge in [-0.25, -0.2) is 14.8 Å². The van der Waals surface area contributed by atoms with Crippen LogP contribution in [-0.2, 0) is 0 Å². The third-order valence-electron chi connectivity index (χ3n) is 6.47. The van der Waals surface area contributed by atoms with Crippen molar-refractivity contribution in [3.05, 3.63) is 52.8 Å². The first kappa shape index (κ1) is 16.4. The lowest BCUT2D eigenvalue weighted by atomic mass is 9.96. The van der Waals surface area contributed by atoms with E-state index in [1.807, 2.05) is 29.0 Å². The van der Waals surface area contributed by atoms with Gasteiger partial charge >= 0.3 is 5.69 Å². The van der Waals surface area contributed by atoms with E-state index in [0.29, 0.717) is 17.6 Å². The summed E-state index contributed by atoms with van der Waals surface area (Å²) in [6.45, 7) is 0. The number of imidazole rings is 1. The smallest absolute Gasteiger partial charge is 0.326 e. The lowest BCUT2D eigenvalue weighted by molar-refractivity contribution is 0.335. The summed E-state index contributed by atoms with van der Waals surface area (Å²) in [7, 11) is 0. The largest absolute Gasteiger partial charge is 0.350 e. The minimum Gasteiger partial charge on any atom is -0.350 e. The second kappa shape index (κ2) is 5.95. The molecular formula is C21H19N7O. The number of H-pyrrole nitrogens is 2. The molecule has 8 heteroatoms. The standard InChI is InChI=1S/C21H19N7O/c22-9-12-1-4-18(24-10-12)27-13-2-3-14(27)8-15(7-13)28-19-16-5-6-23-20(16)25-11-17(19)26-21(28)29/h1,4-6,10-11,13-15H,2-3,7-8H2,(H,23,25)(H,26,29). The van der Waals surface area contributed by atoms with Gasteiger partial charge in [0.1, 0.15) is 17.5 Å². The molecule has 2 N–H and O–H groups in total. The number of aromatic amines is 2. The molecular weight excluding hydrogens is 366 g/mol. The van der Waals surface area contributed by atoms with Gasteiger partial charge in [-0.15, -0.1) is 0 Å². The molecule has 4 aromatic rings. The van der Waals surface area contributed by atoms with Crippen molar-refractivity contribution in [2.75, 3.05) is 4.90 Å². The number of nitriles is 1. The number of nitrogens with one attached hydrogen (secondary N) is 2. The van der Waals surface area contributed by atoms with Crippen molar-refractivity contribution in [2.45, 2.75) is 43.8 Å². The van der Waals surface area contributed by atoms with Crippen molar-refractivity contribution >= 4 is 27.9 Å². The van der Waals surface area contributed by atoms with Crippen LogP contribution >= 0.6 is 0 Å². The number of rotatable bonds is 2. The average Bonchev–Trinajstić information content (AvgIpc) is 3.41. The predicted octanol–water partition coefficient (Wildman–Crippen LogP) is 2.85.